The highest BCUT2D eigenvalue weighted by atomic mass is 19.1. The number of amides is 1. The fourth-order valence-corrected chi connectivity index (χ4v) is 3.79. The van der Waals surface area contributed by atoms with E-state index in [0.29, 0.717) is 19.8 Å². The zero-order valence-corrected chi connectivity index (χ0v) is 13.4. The molecule has 1 aliphatic heterocycles. The van der Waals surface area contributed by atoms with Crippen molar-refractivity contribution in [3.05, 3.63) is 35.6 Å². The largest absolute Gasteiger partial charge is 0.381 e. The van der Waals surface area contributed by atoms with Gasteiger partial charge in [0.15, 0.2) is 0 Å². The first kappa shape index (κ1) is 16.4. The highest BCUT2D eigenvalue weighted by Gasteiger charge is 2.36. The summed E-state index contributed by atoms with van der Waals surface area (Å²) in [6, 6.07) is 6.80. The summed E-state index contributed by atoms with van der Waals surface area (Å²) in [5, 5.41) is 3.13. The van der Waals surface area contributed by atoms with E-state index in [0.717, 1.165) is 37.7 Å². The zero-order valence-electron chi connectivity index (χ0n) is 13.4. The number of carbonyl (C=O) groups excluding carboxylic acids is 1. The van der Waals surface area contributed by atoms with Crippen molar-refractivity contribution in [1.82, 2.24) is 5.32 Å². The summed E-state index contributed by atoms with van der Waals surface area (Å²) in [5.74, 6) is -0.0963. The van der Waals surface area contributed by atoms with Gasteiger partial charge in [0, 0.05) is 37.1 Å². The molecule has 1 aromatic carbocycles. The van der Waals surface area contributed by atoms with Crippen LogP contribution in [0.1, 0.15) is 37.7 Å². The number of ether oxygens (including phenoxy) is 1. The third-order valence-electron chi connectivity index (χ3n) is 5.35. The van der Waals surface area contributed by atoms with Gasteiger partial charge in [0.1, 0.15) is 5.82 Å². The van der Waals surface area contributed by atoms with Crippen molar-refractivity contribution in [3.63, 3.8) is 0 Å². The van der Waals surface area contributed by atoms with Gasteiger partial charge in [-0.05, 0) is 49.8 Å². The molecule has 3 N–H and O–H groups in total. The Bertz CT molecular complexity index is 540. The molecule has 0 radical (unpaired) electrons. The molecule has 0 bridgehead atoms. The van der Waals surface area contributed by atoms with Crippen LogP contribution in [-0.2, 0) is 14.9 Å². The summed E-state index contributed by atoms with van der Waals surface area (Å²) in [5.41, 5.74) is 6.81. The Balaban J connectivity index is 1.69. The van der Waals surface area contributed by atoms with Gasteiger partial charge in [-0.2, -0.15) is 0 Å². The van der Waals surface area contributed by atoms with Crippen LogP contribution in [0.25, 0.3) is 0 Å². The average Bonchev–Trinajstić information content (AvgIpc) is 3.01. The minimum Gasteiger partial charge on any atom is -0.381 e. The van der Waals surface area contributed by atoms with Gasteiger partial charge in [-0.3, -0.25) is 4.79 Å². The molecule has 1 saturated heterocycles. The molecule has 23 heavy (non-hydrogen) atoms. The van der Waals surface area contributed by atoms with Crippen LogP contribution in [0.15, 0.2) is 24.3 Å². The first-order chi connectivity index (χ1) is 11.1. The van der Waals surface area contributed by atoms with Gasteiger partial charge in [0.2, 0.25) is 5.91 Å². The van der Waals surface area contributed by atoms with Gasteiger partial charge in [-0.25, -0.2) is 4.39 Å². The first-order valence-corrected chi connectivity index (χ1v) is 8.46. The summed E-state index contributed by atoms with van der Waals surface area (Å²) in [6.45, 7) is 1.91. The van der Waals surface area contributed by atoms with E-state index in [-0.39, 0.29) is 29.1 Å². The van der Waals surface area contributed by atoms with Crippen LogP contribution >= 0.6 is 0 Å². The first-order valence-electron chi connectivity index (χ1n) is 8.46. The number of carbonyl (C=O) groups is 1. The van der Waals surface area contributed by atoms with Crippen LogP contribution in [0, 0.1) is 11.7 Å². The summed E-state index contributed by atoms with van der Waals surface area (Å²) >= 11 is 0. The Morgan fingerprint density at radius 3 is 2.57 bits per heavy atom. The molecule has 1 saturated carbocycles. The van der Waals surface area contributed by atoms with Gasteiger partial charge >= 0.3 is 0 Å². The molecule has 2 atom stereocenters. The van der Waals surface area contributed by atoms with Crippen LogP contribution < -0.4 is 11.1 Å². The highest BCUT2D eigenvalue weighted by Crippen LogP contribution is 2.35. The predicted molar refractivity (Wildman–Crippen MR) is 86.5 cm³/mol. The van der Waals surface area contributed by atoms with Crippen molar-refractivity contribution >= 4 is 5.91 Å². The fourth-order valence-electron chi connectivity index (χ4n) is 3.79. The fraction of sp³-hybridized carbons (Fsp3) is 0.611. The Hall–Kier alpha value is -1.46. The molecule has 2 fully saturated rings. The predicted octanol–water partition coefficient (Wildman–Crippen LogP) is 2.12. The normalized spacial score (nSPS) is 26.9. The van der Waals surface area contributed by atoms with Gasteiger partial charge < -0.3 is 15.8 Å². The lowest BCUT2D eigenvalue weighted by atomic mass is 9.74. The lowest BCUT2D eigenvalue weighted by Gasteiger charge is -2.38. The van der Waals surface area contributed by atoms with Crippen LogP contribution in [0.3, 0.4) is 0 Å². The second-order valence-electron chi connectivity index (χ2n) is 6.89. The molecule has 0 spiro atoms. The molecule has 1 aromatic rings. The number of hydrogen-bond acceptors (Lipinski definition) is 3. The van der Waals surface area contributed by atoms with Crippen molar-refractivity contribution < 1.29 is 13.9 Å². The number of halogens is 1. The summed E-state index contributed by atoms with van der Waals surface area (Å²) < 4.78 is 18.7. The lowest BCUT2D eigenvalue weighted by molar-refractivity contribution is -0.125. The number of hydrogen-bond donors (Lipinski definition) is 2. The molecule has 5 heteroatoms. The van der Waals surface area contributed by atoms with E-state index in [9.17, 15) is 9.18 Å². The van der Waals surface area contributed by atoms with E-state index in [2.05, 4.69) is 5.32 Å². The average molecular weight is 320 g/mol. The maximum atomic E-state index is 13.2. The molecule has 1 aliphatic carbocycles. The monoisotopic (exact) mass is 320 g/mol. The molecule has 3 rings (SSSR count). The van der Waals surface area contributed by atoms with Crippen molar-refractivity contribution in [1.29, 1.82) is 0 Å². The molecular formula is C18H25FN2O2. The maximum absolute atomic E-state index is 13.2. The van der Waals surface area contributed by atoms with Crippen LogP contribution in [0.4, 0.5) is 4.39 Å². The van der Waals surface area contributed by atoms with Crippen LogP contribution in [-0.4, -0.2) is 31.7 Å². The smallest absolute Gasteiger partial charge is 0.223 e. The van der Waals surface area contributed by atoms with E-state index in [1.165, 1.54) is 12.1 Å². The summed E-state index contributed by atoms with van der Waals surface area (Å²) in [7, 11) is 0. The molecular weight excluding hydrogens is 295 g/mol. The molecule has 126 valence electrons. The third kappa shape index (κ3) is 3.72. The topological polar surface area (TPSA) is 64.4 Å². The molecule has 2 aliphatic rings. The molecule has 1 heterocycles. The minimum absolute atomic E-state index is 0.0371. The Morgan fingerprint density at radius 2 is 1.96 bits per heavy atom. The Kier molecular flexibility index (Phi) is 4.97. The third-order valence-corrected chi connectivity index (χ3v) is 5.35. The standard InChI is InChI=1S/C18H25FN2O2/c19-15-4-2-14(3-5-15)18(7-9-23-10-8-18)12-21-17(22)13-1-6-16(20)11-13/h2-5,13,16H,1,6-12,20H2,(H,21,22). The number of rotatable bonds is 4. The van der Waals surface area contributed by atoms with Crippen molar-refractivity contribution in [2.45, 2.75) is 43.6 Å². The quantitative estimate of drug-likeness (QED) is 0.893. The summed E-state index contributed by atoms with van der Waals surface area (Å²) in [4.78, 5) is 12.4. The molecule has 2 unspecified atom stereocenters. The van der Waals surface area contributed by atoms with Gasteiger partial charge in [0.05, 0.1) is 0 Å². The van der Waals surface area contributed by atoms with Crippen LogP contribution in [0.5, 0.6) is 0 Å². The SMILES string of the molecule is NC1CCC(C(=O)NCC2(c3ccc(F)cc3)CCOCC2)C1. The number of benzene rings is 1. The van der Waals surface area contributed by atoms with E-state index in [4.69, 9.17) is 10.5 Å². The molecule has 1 amide bonds. The van der Waals surface area contributed by atoms with E-state index < -0.39 is 0 Å². The van der Waals surface area contributed by atoms with E-state index in [1.807, 2.05) is 12.1 Å². The van der Waals surface area contributed by atoms with Crippen molar-refractivity contribution in [2.75, 3.05) is 19.8 Å². The Labute approximate surface area is 136 Å². The maximum Gasteiger partial charge on any atom is 0.223 e. The van der Waals surface area contributed by atoms with Gasteiger partial charge in [0.25, 0.3) is 0 Å². The van der Waals surface area contributed by atoms with Crippen molar-refractivity contribution in [3.8, 4) is 0 Å². The van der Waals surface area contributed by atoms with Crippen molar-refractivity contribution in [2.24, 2.45) is 11.7 Å². The highest BCUT2D eigenvalue weighted by molar-refractivity contribution is 5.79. The van der Waals surface area contributed by atoms with Crippen LogP contribution in [0.2, 0.25) is 0 Å². The second kappa shape index (κ2) is 6.97. The second-order valence-corrected chi connectivity index (χ2v) is 6.89. The zero-order chi connectivity index (χ0) is 16.3. The molecule has 4 nitrogen and oxygen atoms in total. The van der Waals surface area contributed by atoms with E-state index in [1.54, 1.807) is 0 Å². The van der Waals surface area contributed by atoms with E-state index >= 15 is 0 Å². The minimum atomic E-state index is -0.236. The Morgan fingerprint density at radius 1 is 1.26 bits per heavy atom. The van der Waals surface area contributed by atoms with Gasteiger partial charge in [-0.15, -0.1) is 0 Å². The lowest BCUT2D eigenvalue weighted by Crippen LogP contribution is -2.46. The summed E-state index contributed by atoms with van der Waals surface area (Å²) in [6.07, 6.45) is 4.25. The number of nitrogens with one attached hydrogen (secondary N) is 1. The van der Waals surface area contributed by atoms with Gasteiger partial charge in [-0.1, -0.05) is 12.1 Å². The molecule has 0 aromatic heterocycles. The number of nitrogens with two attached hydrogens (primary N) is 1.